The number of aromatic nitrogens is 1. The van der Waals surface area contributed by atoms with Gasteiger partial charge in [0, 0.05) is 5.75 Å². The molecule has 1 amide bonds. The number of carboxylic acid groups (broad SMARTS) is 1. The van der Waals surface area contributed by atoms with E-state index in [0.717, 1.165) is 6.07 Å². The maximum Gasteiger partial charge on any atom is 0.327 e. The number of carboxylic acids is 1. The molecule has 1 N–H and O–H groups in total. The maximum absolute atomic E-state index is 13.1. The predicted molar refractivity (Wildman–Crippen MR) is 72.9 cm³/mol. The summed E-state index contributed by atoms with van der Waals surface area (Å²) in [5, 5.41) is 8.99. The molecule has 7 heteroatoms. The summed E-state index contributed by atoms with van der Waals surface area (Å²) in [5.74, 6) is -1.91. The molecule has 2 heterocycles. The number of thioether (sulfide) groups is 1. The summed E-state index contributed by atoms with van der Waals surface area (Å²) in [7, 11) is 0. The number of carbonyl (C=O) groups excluding carboxylic acids is 1. The Kier molecular flexibility index (Phi) is 4.27. The van der Waals surface area contributed by atoms with Crippen molar-refractivity contribution in [2.75, 3.05) is 5.75 Å². The van der Waals surface area contributed by atoms with E-state index in [1.807, 2.05) is 13.8 Å². The minimum atomic E-state index is -1.05. The van der Waals surface area contributed by atoms with Crippen LogP contribution in [0.3, 0.4) is 0 Å². The quantitative estimate of drug-likeness (QED) is 0.862. The molecule has 2 unspecified atom stereocenters. The summed E-state index contributed by atoms with van der Waals surface area (Å²) in [6, 6.07) is 3.03. The highest BCUT2D eigenvalue weighted by Crippen LogP contribution is 2.35. The van der Waals surface area contributed by atoms with E-state index in [4.69, 9.17) is 0 Å². The van der Waals surface area contributed by atoms with Crippen molar-refractivity contribution < 1.29 is 19.1 Å². The zero-order chi connectivity index (χ0) is 14.9. The van der Waals surface area contributed by atoms with Crippen LogP contribution in [0.1, 0.15) is 24.3 Å². The van der Waals surface area contributed by atoms with Crippen molar-refractivity contribution >= 4 is 23.6 Å². The summed E-state index contributed by atoms with van der Waals surface area (Å²) < 4.78 is 13.1. The van der Waals surface area contributed by atoms with Gasteiger partial charge in [-0.1, -0.05) is 19.9 Å². The maximum atomic E-state index is 13.1. The molecule has 1 aromatic rings. The molecule has 0 aliphatic carbocycles. The molecular weight excluding hydrogens is 283 g/mol. The minimum Gasteiger partial charge on any atom is -0.480 e. The van der Waals surface area contributed by atoms with E-state index in [1.54, 1.807) is 0 Å². The Hall–Kier alpha value is -1.63. The van der Waals surface area contributed by atoms with Crippen molar-refractivity contribution in [2.45, 2.75) is 25.3 Å². The van der Waals surface area contributed by atoms with Gasteiger partial charge in [-0.15, -0.1) is 11.8 Å². The fourth-order valence-electron chi connectivity index (χ4n) is 2.15. The van der Waals surface area contributed by atoms with Crippen LogP contribution in [0.25, 0.3) is 0 Å². The predicted octanol–water partition coefficient (Wildman–Crippen LogP) is 1.85. The second kappa shape index (κ2) is 5.78. The van der Waals surface area contributed by atoms with Crippen LogP contribution in [-0.2, 0) is 4.79 Å². The zero-order valence-electron chi connectivity index (χ0n) is 11.1. The number of carbonyl (C=O) groups is 2. The molecule has 1 aliphatic heterocycles. The first-order valence-electron chi connectivity index (χ1n) is 6.21. The molecule has 108 valence electrons. The van der Waals surface area contributed by atoms with Crippen LogP contribution >= 0.6 is 11.8 Å². The van der Waals surface area contributed by atoms with Crippen LogP contribution in [0.4, 0.5) is 4.39 Å². The summed E-state index contributed by atoms with van der Waals surface area (Å²) in [6.45, 7) is 3.84. The molecule has 0 bridgehead atoms. The van der Waals surface area contributed by atoms with Crippen molar-refractivity contribution in [1.29, 1.82) is 0 Å². The molecule has 20 heavy (non-hydrogen) atoms. The van der Waals surface area contributed by atoms with E-state index in [9.17, 15) is 19.1 Å². The number of hydrogen-bond donors (Lipinski definition) is 1. The van der Waals surface area contributed by atoms with Gasteiger partial charge in [-0.25, -0.2) is 9.78 Å². The summed E-state index contributed by atoms with van der Waals surface area (Å²) in [6.07, 6.45) is 0. The second-order valence-corrected chi connectivity index (χ2v) is 6.03. The van der Waals surface area contributed by atoms with Gasteiger partial charge in [-0.3, -0.25) is 4.79 Å². The topological polar surface area (TPSA) is 70.5 Å². The zero-order valence-corrected chi connectivity index (χ0v) is 11.9. The average molecular weight is 298 g/mol. The van der Waals surface area contributed by atoms with Gasteiger partial charge >= 0.3 is 5.97 Å². The summed E-state index contributed by atoms with van der Waals surface area (Å²) in [4.78, 5) is 28.6. The molecule has 2 rings (SSSR count). The fourth-order valence-corrected chi connectivity index (χ4v) is 3.62. The van der Waals surface area contributed by atoms with Crippen LogP contribution < -0.4 is 0 Å². The van der Waals surface area contributed by atoms with Crippen LogP contribution in [0.2, 0.25) is 0 Å². The lowest BCUT2D eigenvalue weighted by Crippen LogP contribution is -2.47. The van der Waals surface area contributed by atoms with Gasteiger partial charge in [0.15, 0.2) is 0 Å². The van der Waals surface area contributed by atoms with Crippen molar-refractivity contribution in [3.8, 4) is 0 Å². The molecule has 1 aliphatic rings. The van der Waals surface area contributed by atoms with Crippen molar-refractivity contribution in [3.63, 3.8) is 0 Å². The lowest BCUT2D eigenvalue weighted by Gasteiger charge is -2.29. The minimum absolute atomic E-state index is 0.0654. The fraction of sp³-hybridized carbons (Fsp3) is 0.462. The molecule has 0 saturated carbocycles. The Morgan fingerprint density at radius 3 is 2.75 bits per heavy atom. The van der Waals surface area contributed by atoms with Gasteiger partial charge < -0.3 is 10.0 Å². The third-order valence-electron chi connectivity index (χ3n) is 3.06. The average Bonchev–Trinajstić information content (AvgIpc) is 2.82. The molecular formula is C13H15FN2O3S. The Morgan fingerprint density at radius 2 is 2.20 bits per heavy atom. The van der Waals surface area contributed by atoms with E-state index in [1.165, 1.54) is 28.8 Å². The lowest BCUT2D eigenvalue weighted by atomic mass is 10.1. The highest BCUT2D eigenvalue weighted by Gasteiger charge is 2.43. The monoisotopic (exact) mass is 298 g/mol. The van der Waals surface area contributed by atoms with Crippen molar-refractivity contribution in [2.24, 2.45) is 5.92 Å². The molecule has 5 nitrogen and oxygen atoms in total. The summed E-state index contributed by atoms with van der Waals surface area (Å²) >= 11 is 1.42. The third kappa shape index (κ3) is 2.77. The highest BCUT2D eigenvalue weighted by atomic mass is 32.2. The Labute approximate surface area is 120 Å². The first-order valence-corrected chi connectivity index (χ1v) is 7.26. The molecule has 1 saturated heterocycles. The lowest BCUT2D eigenvalue weighted by molar-refractivity contribution is -0.141. The third-order valence-corrected chi connectivity index (χ3v) is 4.68. The molecule has 2 atom stereocenters. The molecule has 0 radical (unpaired) electrons. The molecule has 1 aromatic heterocycles. The van der Waals surface area contributed by atoms with Crippen LogP contribution in [0, 0.1) is 11.9 Å². The van der Waals surface area contributed by atoms with Crippen LogP contribution in [-0.4, -0.2) is 44.0 Å². The van der Waals surface area contributed by atoms with Crippen molar-refractivity contribution in [1.82, 2.24) is 9.88 Å². The first kappa shape index (κ1) is 14.8. The number of rotatable bonds is 3. The molecule has 0 aromatic carbocycles. The van der Waals surface area contributed by atoms with Gasteiger partial charge in [-0.2, -0.15) is 4.39 Å². The van der Waals surface area contributed by atoms with Crippen LogP contribution in [0.5, 0.6) is 0 Å². The van der Waals surface area contributed by atoms with Gasteiger partial charge in [0.05, 0.1) is 5.37 Å². The van der Waals surface area contributed by atoms with Gasteiger partial charge in [0.2, 0.25) is 5.95 Å². The number of hydrogen-bond acceptors (Lipinski definition) is 4. The Morgan fingerprint density at radius 1 is 1.50 bits per heavy atom. The van der Waals surface area contributed by atoms with E-state index in [2.05, 4.69) is 4.98 Å². The first-order chi connectivity index (χ1) is 9.41. The number of nitrogens with zero attached hydrogens (tertiary/aromatic N) is 2. The number of halogens is 1. The number of pyridine rings is 1. The SMILES string of the molecule is CC(C)C1SCC(C(=O)O)N1C(=O)c1cccc(F)n1. The van der Waals surface area contributed by atoms with Gasteiger partial charge in [-0.05, 0) is 18.1 Å². The van der Waals surface area contributed by atoms with Crippen molar-refractivity contribution in [3.05, 3.63) is 29.8 Å². The van der Waals surface area contributed by atoms with E-state index in [-0.39, 0.29) is 17.0 Å². The van der Waals surface area contributed by atoms with Gasteiger partial charge in [0.25, 0.3) is 5.91 Å². The molecule has 0 spiro atoms. The molecule has 1 fully saturated rings. The standard InChI is InChI=1S/C13H15FN2O3S/c1-7(2)12-16(9(6-20-12)13(18)19)11(17)8-4-3-5-10(14)15-8/h3-5,7,9,12H,6H2,1-2H3,(H,18,19). The Bertz CT molecular complexity index is 538. The van der Waals surface area contributed by atoms with E-state index < -0.39 is 23.9 Å². The van der Waals surface area contributed by atoms with Crippen LogP contribution in [0.15, 0.2) is 18.2 Å². The summed E-state index contributed by atoms with van der Waals surface area (Å²) in [5.41, 5.74) is -0.0654. The number of aliphatic carboxylic acids is 1. The smallest absolute Gasteiger partial charge is 0.327 e. The Balaban J connectivity index is 2.34. The van der Waals surface area contributed by atoms with Gasteiger partial charge in [0.1, 0.15) is 11.7 Å². The highest BCUT2D eigenvalue weighted by molar-refractivity contribution is 8.00. The second-order valence-electron chi connectivity index (χ2n) is 4.88. The van der Waals surface area contributed by atoms with E-state index >= 15 is 0 Å². The number of amides is 1. The van der Waals surface area contributed by atoms with E-state index in [0.29, 0.717) is 5.75 Å². The normalized spacial score (nSPS) is 22.3. The largest absolute Gasteiger partial charge is 0.480 e.